The molecule has 1 unspecified atom stereocenters. The Morgan fingerprint density at radius 2 is 2.19 bits per heavy atom. The molecule has 2 aliphatic rings. The van der Waals surface area contributed by atoms with Gasteiger partial charge in [-0.15, -0.1) is 0 Å². The van der Waals surface area contributed by atoms with Crippen molar-refractivity contribution < 1.29 is 4.79 Å². The number of rotatable bonds is 4. The number of amides is 1. The van der Waals surface area contributed by atoms with Gasteiger partial charge in [-0.2, -0.15) is 0 Å². The first-order chi connectivity index (χ1) is 12.6. The third-order valence-corrected chi connectivity index (χ3v) is 5.68. The van der Waals surface area contributed by atoms with Crippen LogP contribution in [0.25, 0.3) is 0 Å². The van der Waals surface area contributed by atoms with Gasteiger partial charge in [-0.05, 0) is 81.2 Å². The fourth-order valence-electron chi connectivity index (χ4n) is 4.32. The van der Waals surface area contributed by atoms with Crippen molar-refractivity contribution in [1.29, 1.82) is 0 Å². The smallest absolute Gasteiger partial charge is 0.261 e. The third-order valence-electron chi connectivity index (χ3n) is 5.68. The molecule has 0 bridgehead atoms. The van der Waals surface area contributed by atoms with Crippen molar-refractivity contribution >= 4 is 5.91 Å². The molecule has 26 heavy (non-hydrogen) atoms. The van der Waals surface area contributed by atoms with E-state index in [1.807, 2.05) is 30.2 Å². The summed E-state index contributed by atoms with van der Waals surface area (Å²) in [5.41, 5.74) is 4.51. The number of carbonyl (C=O) groups is 1. The van der Waals surface area contributed by atoms with Crippen LogP contribution in [0.4, 0.5) is 0 Å². The van der Waals surface area contributed by atoms with Gasteiger partial charge < -0.3 is 9.88 Å². The molecule has 0 radical (unpaired) electrons. The van der Waals surface area contributed by atoms with Crippen molar-refractivity contribution in [2.45, 2.75) is 57.9 Å². The largest absolute Gasteiger partial charge is 0.335 e. The van der Waals surface area contributed by atoms with Gasteiger partial charge in [0.25, 0.3) is 11.5 Å². The molecule has 1 saturated heterocycles. The number of pyridine rings is 2. The average Bonchev–Trinajstić information content (AvgIpc) is 3.27. The molecule has 1 fully saturated rings. The van der Waals surface area contributed by atoms with Crippen molar-refractivity contribution in [1.82, 2.24) is 14.9 Å². The third kappa shape index (κ3) is 3.30. The summed E-state index contributed by atoms with van der Waals surface area (Å²) in [6.07, 6.45) is 8.64. The van der Waals surface area contributed by atoms with Gasteiger partial charge in [0.2, 0.25) is 0 Å². The fraction of sp³-hybridized carbons (Fsp3) is 0.476. The summed E-state index contributed by atoms with van der Waals surface area (Å²) in [6.45, 7) is 2.74. The zero-order valence-electron chi connectivity index (χ0n) is 15.3. The summed E-state index contributed by atoms with van der Waals surface area (Å²) in [4.78, 5) is 34.5. The van der Waals surface area contributed by atoms with E-state index in [0.29, 0.717) is 5.56 Å². The summed E-state index contributed by atoms with van der Waals surface area (Å²) in [7, 11) is 0. The van der Waals surface area contributed by atoms with Crippen LogP contribution in [0.15, 0.2) is 29.2 Å². The Morgan fingerprint density at radius 1 is 1.31 bits per heavy atom. The maximum atomic E-state index is 13.0. The van der Waals surface area contributed by atoms with Crippen LogP contribution in [0.5, 0.6) is 0 Å². The Labute approximate surface area is 153 Å². The van der Waals surface area contributed by atoms with Crippen LogP contribution < -0.4 is 5.56 Å². The Morgan fingerprint density at radius 3 is 3.04 bits per heavy atom. The standard InChI is InChI=1S/C21H25N3O2/c1-14-12-15(9-10-22-14)7-8-17-5-3-11-24(17)21(26)18-13-16-4-2-6-19(16)23-20(18)25/h9-10,12-13,17H,2-8,11H2,1H3,(H,23,25). The van der Waals surface area contributed by atoms with E-state index in [1.54, 1.807) is 0 Å². The predicted molar refractivity (Wildman–Crippen MR) is 100 cm³/mol. The van der Waals surface area contributed by atoms with Gasteiger partial charge in [0, 0.05) is 30.2 Å². The predicted octanol–water partition coefficient (Wildman–Crippen LogP) is 2.80. The summed E-state index contributed by atoms with van der Waals surface area (Å²) in [5, 5.41) is 0. The Bertz CT molecular complexity index is 887. The maximum Gasteiger partial charge on any atom is 0.261 e. The normalized spacial score (nSPS) is 19.0. The van der Waals surface area contributed by atoms with Gasteiger partial charge in [0.1, 0.15) is 5.56 Å². The topological polar surface area (TPSA) is 66.1 Å². The highest BCUT2D eigenvalue weighted by Gasteiger charge is 2.31. The van der Waals surface area contributed by atoms with Crippen LogP contribution in [-0.4, -0.2) is 33.4 Å². The van der Waals surface area contributed by atoms with Crippen LogP contribution in [-0.2, 0) is 19.3 Å². The van der Waals surface area contributed by atoms with E-state index in [-0.39, 0.29) is 17.5 Å². The SMILES string of the molecule is Cc1cc(CCC2CCCN2C(=O)c2cc3c([nH]c2=O)CCC3)ccn1. The molecule has 136 valence electrons. The lowest BCUT2D eigenvalue weighted by molar-refractivity contribution is 0.0728. The number of hydrogen-bond donors (Lipinski definition) is 1. The quantitative estimate of drug-likeness (QED) is 0.921. The Hall–Kier alpha value is -2.43. The first-order valence-corrected chi connectivity index (χ1v) is 9.59. The Balaban J connectivity index is 1.49. The van der Waals surface area contributed by atoms with Gasteiger partial charge in [-0.1, -0.05) is 0 Å². The number of hydrogen-bond acceptors (Lipinski definition) is 3. The van der Waals surface area contributed by atoms with Gasteiger partial charge in [-0.25, -0.2) is 0 Å². The maximum absolute atomic E-state index is 13.0. The molecule has 3 heterocycles. The number of aromatic amines is 1. The number of aromatic nitrogens is 2. The zero-order chi connectivity index (χ0) is 18.1. The van der Waals surface area contributed by atoms with E-state index in [4.69, 9.17) is 0 Å². The number of fused-ring (bicyclic) bond motifs is 1. The van der Waals surface area contributed by atoms with Crippen LogP contribution in [0.2, 0.25) is 0 Å². The number of carbonyl (C=O) groups excluding carboxylic acids is 1. The number of nitrogens with zero attached hydrogens (tertiary/aromatic N) is 2. The van der Waals surface area contributed by atoms with E-state index in [9.17, 15) is 9.59 Å². The number of nitrogens with one attached hydrogen (secondary N) is 1. The minimum absolute atomic E-state index is 0.102. The van der Waals surface area contributed by atoms with Crippen LogP contribution >= 0.6 is 0 Å². The lowest BCUT2D eigenvalue weighted by atomic mass is 10.0. The number of likely N-dealkylation sites (tertiary alicyclic amines) is 1. The second kappa shape index (κ2) is 7.06. The van der Waals surface area contributed by atoms with Crippen molar-refractivity contribution in [2.75, 3.05) is 6.54 Å². The van der Waals surface area contributed by atoms with Gasteiger partial charge in [0.05, 0.1) is 0 Å². The summed E-state index contributed by atoms with van der Waals surface area (Å²) in [5.74, 6) is -0.102. The summed E-state index contributed by atoms with van der Waals surface area (Å²) < 4.78 is 0. The molecular weight excluding hydrogens is 326 g/mol. The van der Waals surface area contributed by atoms with Gasteiger partial charge in [0.15, 0.2) is 0 Å². The lowest BCUT2D eigenvalue weighted by Crippen LogP contribution is -2.38. The average molecular weight is 351 g/mol. The molecule has 5 nitrogen and oxygen atoms in total. The molecule has 2 aromatic heterocycles. The van der Waals surface area contributed by atoms with Gasteiger partial charge >= 0.3 is 0 Å². The molecule has 2 aromatic rings. The van der Waals surface area contributed by atoms with Crippen molar-refractivity contribution in [3.05, 3.63) is 62.8 Å². The molecule has 0 spiro atoms. The van der Waals surface area contributed by atoms with Crippen LogP contribution in [0.3, 0.4) is 0 Å². The van der Waals surface area contributed by atoms with E-state index in [2.05, 4.69) is 16.0 Å². The molecule has 5 heteroatoms. The highest BCUT2D eigenvalue weighted by atomic mass is 16.2. The van der Waals surface area contributed by atoms with Gasteiger partial charge in [-0.3, -0.25) is 14.6 Å². The van der Waals surface area contributed by atoms with Crippen molar-refractivity contribution in [3.8, 4) is 0 Å². The summed E-state index contributed by atoms with van der Waals surface area (Å²) in [6, 6.07) is 6.19. The van der Waals surface area contributed by atoms with Crippen LogP contribution in [0.1, 0.15) is 58.6 Å². The highest BCUT2D eigenvalue weighted by molar-refractivity contribution is 5.94. The van der Waals surface area contributed by atoms with Crippen molar-refractivity contribution in [3.63, 3.8) is 0 Å². The molecule has 1 N–H and O–H groups in total. The molecule has 1 aliphatic carbocycles. The first-order valence-electron chi connectivity index (χ1n) is 9.59. The van der Waals surface area contributed by atoms with Crippen molar-refractivity contribution in [2.24, 2.45) is 0 Å². The first kappa shape index (κ1) is 17.0. The molecular formula is C21H25N3O2. The molecule has 0 aromatic carbocycles. The fourth-order valence-corrected chi connectivity index (χ4v) is 4.32. The van der Waals surface area contributed by atoms with Crippen LogP contribution in [0, 0.1) is 6.92 Å². The number of aryl methyl sites for hydroxylation is 4. The molecule has 0 saturated carbocycles. The van der Waals surface area contributed by atoms with E-state index < -0.39 is 0 Å². The molecule has 1 aliphatic heterocycles. The van der Waals surface area contributed by atoms with E-state index in [0.717, 1.165) is 68.4 Å². The second-order valence-corrected chi connectivity index (χ2v) is 7.51. The monoisotopic (exact) mass is 351 g/mol. The number of H-pyrrole nitrogens is 1. The minimum atomic E-state index is -0.231. The highest BCUT2D eigenvalue weighted by Crippen LogP contribution is 2.25. The molecule has 4 rings (SSSR count). The second-order valence-electron chi connectivity index (χ2n) is 7.51. The van der Waals surface area contributed by atoms with E-state index in [1.165, 1.54) is 5.56 Å². The molecule has 1 amide bonds. The zero-order valence-corrected chi connectivity index (χ0v) is 15.3. The Kier molecular flexibility index (Phi) is 4.62. The van der Waals surface area contributed by atoms with E-state index >= 15 is 0 Å². The lowest BCUT2D eigenvalue weighted by Gasteiger charge is -2.25. The molecule has 1 atom stereocenters. The summed E-state index contributed by atoms with van der Waals surface area (Å²) >= 11 is 0. The minimum Gasteiger partial charge on any atom is -0.335 e.